The molecule has 4 nitrogen and oxygen atoms in total. The standard InChI is InChI=1S/C5H6ClNO3S2/c6-5-2-1-4(11-5)3-10-12(7,8)9/h1-2H,3H2,(H2,7,8,9). The predicted octanol–water partition coefficient (Wildman–Crippen LogP) is 1.12. The van der Waals surface area contributed by atoms with Crippen molar-refractivity contribution in [3.05, 3.63) is 21.3 Å². The van der Waals surface area contributed by atoms with E-state index in [1.54, 1.807) is 12.1 Å². The highest BCUT2D eigenvalue weighted by atomic mass is 35.5. The van der Waals surface area contributed by atoms with Gasteiger partial charge in [-0.3, -0.25) is 4.18 Å². The smallest absolute Gasteiger partial charge is 0.253 e. The minimum absolute atomic E-state index is 0.0593. The molecule has 7 heteroatoms. The molecule has 1 rings (SSSR count). The van der Waals surface area contributed by atoms with Crippen LogP contribution in [0.1, 0.15) is 4.88 Å². The van der Waals surface area contributed by atoms with Crippen LogP contribution in [0.15, 0.2) is 12.1 Å². The molecule has 0 spiro atoms. The van der Waals surface area contributed by atoms with Crippen LogP contribution in [0, 0.1) is 0 Å². The van der Waals surface area contributed by atoms with Crippen molar-refractivity contribution >= 4 is 33.2 Å². The Hall–Kier alpha value is -0.140. The van der Waals surface area contributed by atoms with Gasteiger partial charge in [0.05, 0.1) is 4.34 Å². The van der Waals surface area contributed by atoms with E-state index < -0.39 is 10.3 Å². The van der Waals surface area contributed by atoms with Crippen molar-refractivity contribution in [1.29, 1.82) is 0 Å². The molecule has 1 aromatic rings. The summed E-state index contributed by atoms with van der Waals surface area (Å²) in [5.74, 6) is 0. The second-order valence-corrected chi connectivity index (χ2v) is 4.98. The van der Waals surface area contributed by atoms with Crippen LogP contribution in [-0.4, -0.2) is 8.42 Å². The van der Waals surface area contributed by atoms with E-state index in [4.69, 9.17) is 11.6 Å². The van der Waals surface area contributed by atoms with Crippen LogP contribution in [0.2, 0.25) is 4.34 Å². The van der Waals surface area contributed by atoms with E-state index in [9.17, 15) is 8.42 Å². The fourth-order valence-electron chi connectivity index (χ4n) is 0.570. The summed E-state index contributed by atoms with van der Waals surface area (Å²) in [6.45, 7) is -0.0593. The molecular formula is C5H6ClNO3S2. The molecule has 0 unspecified atom stereocenters. The molecule has 68 valence electrons. The van der Waals surface area contributed by atoms with E-state index in [1.807, 2.05) is 0 Å². The maximum Gasteiger partial charge on any atom is 0.333 e. The maximum atomic E-state index is 10.3. The Labute approximate surface area is 79.2 Å². The van der Waals surface area contributed by atoms with Crippen LogP contribution in [0.5, 0.6) is 0 Å². The van der Waals surface area contributed by atoms with Crippen LogP contribution in [-0.2, 0) is 21.1 Å². The number of halogens is 1. The molecular weight excluding hydrogens is 222 g/mol. The maximum absolute atomic E-state index is 10.3. The molecule has 0 saturated heterocycles. The second-order valence-electron chi connectivity index (χ2n) is 1.96. The van der Waals surface area contributed by atoms with Gasteiger partial charge in [0.2, 0.25) is 0 Å². The van der Waals surface area contributed by atoms with E-state index in [0.717, 1.165) is 0 Å². The van der Waals surface area contributed by atoms with Gasteiger partial charge in [0.15, 0.2) is 0 Å². The average molecular weight is 228 g/mol. The van der Waals surface area contributed by atoms with Gasteiger partial charge >= 0.3 is 10.3 Å². The van der Waals surface area contributed by atoms with Crippen LogP contribution in [0.3, 0.4) is 0 Å². The number of thiophene rings is 1. The Morgan fingerprint density at radius 1 is 1.58 bits per heavy atom. The van der Waals surface area contributed by atoms with Crippen molar-refractivity contribution in [3.8, 4) is 0 Å². The summed E-state index contributed by atoms with van der Waals surface area (Å²) < 4.78 is 25.6. The Morgan fingerprint density at radius 2 is 2.25 bits per heavy atom. The number of rotatable bonds is 3. The van der Waals surface area contributed by atoms with Gasteiger partial charge in [-0.15, -0.1) is 11.3 Å². The normalized spacial score (nSPS) is 11.8. The summed E-state index contributed by atoms with van der Waals surface area (Å²) in [5.41, 5.74) is 0. The minimum atomic E-state index is -3.85. The third kappa shape index (κ3) is 3.51. The van der Waals surface area contributed by atoms with Crippen molar-refractivity contribution in [2.45, 2.75) is 6.61 Å². The molecule has 1 aromatic heterocycles. The summed E-state index contributed by atoms with van der Waals surface area (Å²) >= 11 is 6.84. The van der Waals surface area contributed by atoms with Gasteiger partial charge in [-0.2, -0.15) is 8.42 Å². The second kappa shape index (κ2) is 3.71. The molecule has 0 aliphatic carbocycles. The largest absolute Gasteiger partial charge is 0.333 e. The van der Waals surface area contributed by atoms with Crippen molar-refractivity contribution in [2.24, 2.45) is 5.14 Å². The van der Waals surface area contributed by atoms with E-state index in [2.05, 4.69) is 9.32 Å². The van der Waals surface area contributed by atoms with Crippen LogP contribution in [0.25, 0.3) is 0 Å². The zero-order valence-corrected chi connectivity index (χ0v) is 8.25. The van der Waals surface area contributed by atoms with Crippen molar-refractivity contribution in [1.82, 2.24) is 0 Å². The molecule has 0 aliphatic heterocycles. The lowest BCUT2D eigenvalue weighted by Crippen LogP contribution is -2.15. The van der Waals surface area contributed by atoms with Crippen molar-refractivity contribution in [2.75, 3.05) is 0 Å². The van der Waals surface area contributed by atoms with Gasteiger partial charge in [-0.05, 0) is 12.1 Å². The molecule has 0 radical (unpaired) electrons. The summed E-state index contributed by atoms with van der Waals surface area (Å²) in [5, 5.41) is 4.61. The quantitative estimate of drug-likeness (QED) is 0.842. The first kappa shape index (κ1) is 9.94. The van der Waals surface area contributed by atoms with E-state index >= 15 is 0 Å². The molecule has 0 bridgehead atoms. The average Bonchev–Trinajstić information content (AvgIpc) is 2.30. The number of hydrogen-bond acceptors (Lipinski definition) is 4. The van der Waals surface area contributed by atoms with Gasteiger partial charge in [0, 0.05) is 4.88 Å². The molecule has 2 N–H and O–H groups in total. The van der Waals surface area contributed by atoms with E-state index in [1.165, 1.54) is 11.3 Å². The SMILES string of the molecule is NS(=O)(=O)OCc1ccc(Cl)s1. The Morgan fingerprint density at radius 3 is 2.67 bits per heavy atom. The Bertz CT molecular complexity index is 359. The highest BCUT2D eigenvalue weighted by molar-refractivity contribution is 7.84. The predicted molar refractivity (Wildman–Crippen MR) is 47.2 cm³/mol. The molecule has 1 heterocycles. The number of hydrogen-bond donors (Lipinski definition) is 1. The molecule has 0 fully saturated rings. The molecule has 0 amide bonds. The molecule has 0 saturated carbocycles. The molecule has 0 aromatic carbocycles. The highest BCUT2D eigenvalue weighted by Gasteiger charge is 2.04. The summed E-state index contributed by atoms with van der Waals surface area (Å²) in [7, 11) is -3.85. The highest BCUT2D eigenvalue weighted by Crippen LogP contribution is 2.21. The third-order valence-corrected chi connectivity index (χ3v) is 2.65. The fourth-order valence-corrected chi connectivity index (χ4v) is 1.94. The van der Waals surface area contributed by atoms with Crippen LogP contribution in [0.4, 0.5) is 0 Å². The summed E-state index contributed by atoms with van der Waals surface area (Å²) in [4.78, 5) is 0.717. The molecule has 0 aliphatic rings. The summed E-state index contributed by atoms with van der Waals surface area (Å²) in [6.07, 6.45) is 0. The van der Waals surface area contributed by atoms with Gasteiger partial charge in [-0.25, -0.2) is 5.14 Å². The number of nitrogens with two attached hydrogens (primary N) is 1. The van der Waals surface area contributed by atoms with Crippen LogP contribution < -0.4 is 5.14 Å². The minimum Gasteiger partial charge on any atom is -0.253 e. The Balaban J connectivity index is 2.55. The first-order valence-corrected chi connectivity index (χ1v) is 5.55. The lowest BCUT2D eigenvalue weighted by Gasteiger charge is -1.96. The third-order valence-electron chi connectivity index (χ3n) is 0.994. The lowest BCUT2D eigenvalue weighted by atomic mass is 10.5. The Kier molecular flexibility index (Phi) is 3.08. The van der Waals surface area contributed by atoms with E-state index in [0.29, 0.717) is 9.21 Å². The van der Waals surface area contributed by atoms with Crippen molar-refractivity contribution in [3.63, 3.8) is 0 Å². The monoisotopic (exact) mass is 227 g/mol. The van der Waals surface area contributed by atoms with E-state index in [-0.39, 0.29) is 6.61 Å². The fraction of sp³-hybridized carbons (Fsp3) is 0.200. The molecule has 0 atom stereocenters. The van der Waals surface area contributed by atoms with Gasteiger partial charge in [-0.1, -0.05) is 11.6 Å². The topological polar surface area (TPSA) is 69.4 Å². The van der Waals surface area contributed by atoms with Gasteiger partial charge in [0.1, 0.15) is 6.61 Å². The van der Waals surface area contributed by atoms with Crippen LogP contribution >= 0.6 is 22.9 Å². The van der Waals surface area contributed by atoms with Crippen molar-refractivity contribution < 1.29 is 12.6 Å². The van der Waals surface area contributed by atoms with Gasteiger partial charge < -0.3 is 0 Å². The zero-order valence-electron chi connectivity index (χ0n) is 5.86. The van der Waals surface area contributed by atoms with Gasteiger partial charge in [0.25, 0.3) is 0 Å². The first-order chi connectivity index (χ1) is 5.47. The zero-order chi connectivity index (χ0) is 9.19. The lowest BCUT2D eigenvalue weighted by molar-refractivity contribution is 0.312. The molecule has 12 heavy (non-hydrogen) atoms. The summed E-state index contributed by atoms with van der Waals surface area (Å²) in [6, 6.07) is 3.34. The first-order valence-electron chi connectivity index (χ1n) is 2.89.